The van der Waals surface area contributed by atoms with Crippen molar-refractivity contribution in [3.63, 3.8) is 0 Å². The van der Waals surface area contributed by atoms with Crippen molar-refractivity contribution in [3.8, 4) is 5.75 Å². The molecule has 0 saturated heterocycles. The minimum absolute atomic E-state index is 0.0647. The predicted octanol–water partition coefficient (Wildman–Crippen LogP) is 3.00. The molecule has 0 aromatic heterocycles. The Morgan fingerprint density at radius 1 is 1.41 bits per heavy atom. The number of carbonyl (C=O) groups excluding carboxylic acids is 1. The average Bonchev–Trinajstić information content (AvgIpc) is 2.29. The van der Waals surface area contributed by atoms with Crippen molar-refractivity contribution in [3.05, 3.63) is 28.2 Å². The van der Waals surface area contributed by atoms with E-state index in [2.05, 4.69) is 15.9 Å². The summed E-state index contributed by atoms with van der Waals surface area (Å²) in [6, 6.07) is 5.64. The van der Waals surface area contributed by atoms with Gasteiger partial charge in [0.25, 0.3) is 0 Å². The zero-order valence-corrected chi connectivity index (χ0v) is 11.7. The molecule has 0 fully saturated rings. The molecule has 1 rings (SSSR count). The number of benzene rings is 1. The van der Waals surface area contributed by atoms with Crippen LogP contribution in [0.2, 0.25) is 0 Å². The summed E-state index contributed by atoms with van der Waals surface area (Å²) in [5.74, 6) is 0.798. The Kier molecular flexibility index (Phi) is 6.22. The van der Waals surface area contributed by atoms with Gasteiger partial charge in [-0.1, -0.05) is 22.9 Å². The van der Waals surface area contributed by atoms with Gasteiger partial charge in [0.05, 0.1) is 7.11 Å². The van der Waals surface area contributed by atoms with Gasteiger partial charge in [0, 0.05) is 23.1 Å². The lowest BCUT2D eigenvalue weighted by Crippen LogP contribution is -2.12. The summed E-state index contributed by atoms with van der Waals surface area (Å²) < 4.78 is 11.4. The molecule has 0 heterocycles. The van der Waals surface area contributed by atoms with Crippen molar-refractivity contribution in [1.82, 2.24) is 0 Å². The fraction of sp³-hybridized carbons (Fsp3) is 0.462. The van der Waals surface area contributed by atoms with Gasteiger partial charge >= 0.3 is 0 Å². The van der Waals surface area contributed by atoms with Crippen LogP contribution in [0.5, 0.6) is 5.75 Å². The fourth-order valence-corrected chi connectivity index (χ4v) is 1.89. The zero-order chi connectivity index (χ0) is 12.7. The summed E-state index contributed by atoms with van der Waals surface area (Å²) in [6.07, 6.45) is 1.26. The van der Waals surface area contributed by atoms with E-state index in [1.54, 1.807) is 7.11 Å². The molecule has 0 N–H and O–H groups in total. The quantitative estimate of drug-likeness (QED) is 0.726. The molecule has 4 heteroatoms. The molecule has 0 aliphatic heterocycles. The standard InChI is InChI=1S/C13H17BrO3/c1-3-6-17-9-12(15)8-10-7-11(14)4-5-13(10)16-2/h4-5,7H,3,6,8-9H2,1-2H3. The molecule has 3 nitrogen and oxygen atoms in total. The molecule has 0 spiro atoms. The van der Waals surface area contributed by atoms with Gasteiger partial charge in [0.15, 0.2) is 5.78 Å². The molecule has 94 valence electrons. The Morgan fingerprint density at radius 2 is 2.18 bits per heavy atom. The second kappa shape index (κ2) is 7.45. The fourth-order valence-electron chi connectivity index (χ4n) is 1.48. The lowest BCUT2D eigenvalue weighted by molar-refractivity contribution is -0.122. The molecule has 0 radical (unpaired) electrons. The number of hydrogen-bond acceptors (Lipinski definition) is 3. The van der Waals surface area contributed by atoms with Gasteiger partial charge in [-0.05, 0) is 24.6 Å². The highest BCUT2D eigenvalue weighted by Gasteiger charge is 2.09. The van der Waals surface area contributed by atoms with E-state index in [-0.39, 0.29) is 12.4 Å². The van der Waals surface area contributed by atoms with Gasteiger partial charge in [-0.25, -0.2) is 0 Å². The molecule has 1 aromatic rings. The van der Waals surface area contributed by atoms with E-state index in [4.69, 9.17) is 9.47 Å². The summed E-state index contributed by atoms with van der Waals surface area (Å²) in [5, 5.41) is 0. The van der Waals surface area contributed by atoms with Crippen molar-refractivity contribution in [2.45, 2.75) is 19.8 Å². The first-order valence-corrected chi connectivity index (χ1v) is 6.38. The van der Waals surface area contributed by atoms with Crippen molar-refractivity contribution >= 4 is 21.7 Å². The lowest BCUT2D eigenvalue weighted by atomic mass is 10.1. The molecule has 17 heavy (non-hydrogen) atoms. The van der Waals surface area contributed by atoms with Gasteiger partial charge in [-0.15, -0.1) is 0 Å². The summed E-state index contributed by atoms with van der Waals surface area (Å²) in [4.78, 5) is 11.7. The Balaban J connectivity index is 2.60. The molecule has 0 unspecified atom stereocenters. The Labute approximate surface area is 110 Å². The minimum Gasteiger partial charge on any atom is -0.496 e. The highest BCUT2D eigenvalue weighted by atomic mass is 79.9. The summed E-state index contributed by atoms with van der Waals surface area (Å²) in [7, 11) is 1.60. The first-order valence-electron chi connectivity index (χ1n) is 5.59. The monoisotopic (exact) mass is 300 g/mol. The maximum absolute atomic E-state index is 11.7. The maximum Gasteiger partial charge on any atom is 0.162 e. The van der Waals surface area contributed by atoms with Crippen LogP contribution < -0.4 is 4.74 Å². The second-order valence-electron chi connectivity index (χ2n) is 3.72. The second-order valence-corrected chi connectivity index (χ2v) is 4.64. The van der Waals surface area contributed by atoms with Gasteiger partial charge in [0.2, 0.25) is 0 Å². The normalized spacial score (nSPS) is 10.3. The molecule has 1 aromatic carbocycles. The van der Waals surface area contributed by atoms with E-state index < -0.39 is 0 Å². The molecule has 0 saturated carbocycles. The number of methoxy groups -OCH3 is 1. The summed E-state index contributed by atoms with van der Waals surface area (Å²) in [6.45, 7) is 2.81. The maximum atomic E-state index is 11.7. The van der Waals surface area contributed by atoms with Crippen LogP contribution in [0.4, 0.5) is 0 Å². The number of halogens is 1. The number of ketones is 1. The van der Waals surface area contributed by atoms with E-state index in [9.17, 15) is 4.79 Å². The molecule has 0 aliphatic carbocycles. The van der Waals surface area contributed by atoms with E-state index in [0.717, 1.165) is 22.2 Å². The minimum atomic E-state index is 0.0647. The first-order chi connectivity index (χ1) is 8.17. The van der Waals surface area contributed by atoms with Crippen LogP contribution >= 0.6 is 15.9 Å². The van der Waals surface area contributed by atoms with E-state index in [1.807, 2.05) is 25.1 Å². The van der Waals surface area contributed by atoms with Crippen LogP contribution in [0.1, 0.15) is 18.9 Å². The topological polar surface area (TPSA) is 35.5 Å². The average molecular weight is 301 g/mol. The van der Waals surface area contributed by atoms with Gasteiger partial charge in [-0.2, -0.15) is 0 Å². The van der Waals surface area contributed by atoms with Gasteiger partial charge in [-0.3, -0.25) is 4.79 Å². The van der Waals surface area contributed by atoms with Crippen molar-refractivity contribution in [2.24, 2.45) is 0 Å². The highest BCUT2D eigenvalue weighted by molar-refractivity contribution is 9.10. The van der Waals surface area contributed by atoms with E-state index in [1.165, 1.54) is 0 Å². The summed E-state index contributed by atoms with van der Waals surface area (Å²) >= 11 is 3.38. The lowest BCUT2D eigenvalue weighted by Gasteiger charge is -2.08. The predicted molar refractivity (Wildman–Crippen MR) is 70.5 cm³/mol. The molecular formula is C13H17BrO3. The van der Waals surface area contributed by atoms with Crippen molar-refractivity contribution in [1.29, 1.82) is 0 Å². The number of rotatable bonds is 7. The smallest absolute Gasteiger partial charge is 0.162 e. The highest BCUT2D eigenvalue weighted by Crippen LogP contribution is 2.23. The van der Waals surface area contributed by atoms with Crippen LogP contribution in [0.15, 0.2) is 22.7 Å². The van der Waals surface area contributed by atoms with Crippen LogP contribution in [0.3, 0.4) is 0 Å². The van der Waals surface area contributed by atoms with Crippen LogP contribution in [-0.4, -0.2) is 26.1 Å². The van der Waals surface area contributed by atoms with Crippen LogP contribution in [-0.2, 0) is 16.0 Å². The molecule has 0 bridgehead atoms. The third kappa shape index (κ3) is 4.88. The molecule has 0 aliphatic rings. The number of carbonyl (C=O) groups is 1. The van der Waals surface area contributed by atoms with Crippen molar-refractivity contribution in [2.75, 3.05) is 20.3 Å². The Morgan fingerprint density at radius 3 is 2.82 bits per heavy atom. The Hall–Kier alpha value is -0.870. The SMILES string of the molecule is CCCOCC(=O)Cc1cc(Br)ccc1OC. The van der Waals surface area contributed by atoms with E-state index >= 15 is 0 Å². The third-order valence-electron chi connectivity index (χ3n) is 2.24. The van der Waals surface area contributed by atoms with E-state index in [0.29, 0.717) is 13.0 Å². The first kappa shape index (κ1) is 14.2. The number of ether oxygens (including phenoxy) is 2. The molecule has 0 amide bonds. The zero-order valence-electron chi connectivity index (χ0n) is 10.2. The summed E-state index contributed by atoms with van der Waals surface area (Å²) in [5.41, 5.74) is 0.881. The third-order valence-corrected chi connectivity index (χ3v) is 2.73. The van der Waals surface area contributed by atoms with Crippen molar-refractivity contribution < 1.29 is 14.3 Å². The van der Waals surface area contributed by atoms with Crippen LogP contribution in [0.25, 0.3) is 0 Å². The molecule has 0 atom stereocenters. The van der Waals surface area contributed by atoms with Gasteiger partial charge in [0.1, 0.15) is 12.4 Å². The van der Waals surface area contributed by atoms with Gasteiger partial charge < -0.3 is 9.47 Å². The number of hydrogen-bond donors (Lipinski definition) is 0. The number of Topliss-reactive ketones (excluding diaryl/α,β-unsaturated/α-hetero) is 1. The van der Waals surface area contributed by atoms with Crippen LogP contribution in [0, 0.1) is 0 Å². The Bertz CT molecular complexity index is 377. The molecular weight excluding hydrogens is 284 g/mol. The largest absolute Gasteiger partial charge is 0.496 e.